The molecule has 2 aromatic carbocycles. The van der Waals surface area contributed by atoms with Crippen LogP contribution in [0.5, 0.6) is 5.75 Å². The van der Waals surface area contributed by atoms with Crippen LogP contribution in [0.1, 0.15) is 47.4 Å². The smallest absolute Gasteiger partial charge is 0.254 e. The third-order valence-electron chi connectivity index (χ3n) is 7.26. The second kappa shape index (κ2) is 11.2. The number of nitrogens with zero attached hydrogens (tertiary/aromatic N) is 3. The molecule has 0 aromatic heterocycles. The first-order valence-corrected chi connectivity index (χ1v) is 13.0. The van der Waals surface area contributed by atoms with Crippen molar-refractivity contribution in [1.82, 2.24) is 15.1 Å². The van der Waals surface area contributed by atoms with Gasteiger partial charge in [-0.1, -0.05) is 13.8 Å². The minimum absolute atomic E-state index is 0.0383. The first-order valence-electron chi connectivity index (χ1n) is 13.0. The van der Waals surface area contributed by atoms with E-state index in [9.17, 15) is 19.2 Å². The first-order chi connectivity index (χ1) is 18.1. The Hall–Kier alpha value is -3.88. The van der Waals surface area contributed by atoms with Crippen LogP contribution in [-0.2, 0) is 9.59 Å². The van der Waals surface area contributed by atoms with E-state index in [1.165, 1.54) is 0 Å². The highest BCUT2D eigenvalue weighted by atomic mass is 16.5. The second-order valence-corrected chi connectivity index (χ2v) is 10.6. The Labute approximate surface area is 223 Å². The quantitative estimate of drug-likeness (QED) is 0.575. The van der Waals surface area contributed by atoms with Gasteiger partial charge in [0, 0.05) is 37.5 Å². The SMILES string of the molecule is COc1ccc(C(=O)N2CC(=O)[C@@H]3C2CCN3C(=O)[C@H](CC(C)C)NC(=O)c2ccc(N(C)C)cc2)cc1. The van der Waals surface area contributed by atoms with Gasteiger partial charge in [0.05, 0.1) is 19.7 Å². The van der Waals surface area contributed by atoms with E-state index in [0.717, 1.165) is 5.69 Å². The number of hydrogen-bond acceptors (Lipinski definition) is 6. The van der Waals surface area contributed by atoms with E-state index in [1.54, 1.807) is 53.3 Å². The van der Waals surface area contributed by atoms with Gasteiger partial charge in [-0.05, 0) is 67.3 Å². The summed E-state index contributed by atoms with van der Waals surface area (Å²) in [5, 5.41) is 2.91. The van der Waals surface area contributed by atoms with Gasteiger partial charge in [-0.2, -0.15) is 0 Å². The fourth-order valence-electron chi connectivity index (χ4n) is 5.28. The number of nitrogens with one attached hydrogen (secondary N) is 1. The van der Waals surface area contributed by atoms with Crippen LogP contribution >= 0.6 is 0 Å². The number of Topliss-reactive ketones (excluding diaryl/α,β-unsaturated/α-hetero) is 1. The van der Waals surface area contributed by atoms with Gasteiger partial charge in [0.2, 0.25) is 5.91 Å². The number of ether oxygens (including phenoxy) is 1. The number of benzene rings is 2. The van der Waals surface area contributed by atoms with E-state index in [0.29, 0.717) is 36.3 Å². The number of rotatable bonds is 8. The lowest BCUT2D eigenvalue weighted by Crippen LogP contribution is -2.53. The maximum absolute atomic E-state index is 13.7. The summed E-state index contributed by atoms with van der Waals surface area (Å²) in [6, 6.07) is 12.1. The van der Waals surface area contributed by atoms with Crippen LogP contribution < -0.4 is 15.0 Å². The summed E-state index contributed by atoms with van der Waals surface area (Å²) in [6.07, 6.45) is 0.954. The van der Waals surface area contributed by atoms with Crippen molar-refractivity contribution in [2.45, 2.75) is 44.8 Å². The summed E-state index contributed by atoms with van der Waals surface area (Å²) in [7, 11) is 5.40. The Morgan fingerprint density at radius 3 is 2.21 bits per heavy atom. The van der Waals surface area contributed by atoms with Crippen molar-refractivity contribution in [3.63, 3.8) is 0 Å². The second-order valence-electron chi connectivity index (χ2n) is 10.6. The van der Waals surface area contributed by atoms with Crippen LogP contribution in [0.4, 0.5) is 5.69 Å². The number of carbonyl (C=O) groups excluding carboxylic acids is 4. The highest BCUT2D eigenvalue weighted by Crippen LogP contribution is 2.32. The molecule has 0 bridgehead atoms. The fraction of sp³-hybridized carbons (Fsp3) is 0.448. The molecule has 3 amide bonds. The lowest BCUT2D eigenvalue weighted by atomic mass is 10.0. The van der Waals surface area contributed by atoms with Crippen LogP contribution in [0.15, 0.2) is 48.5 Å². The molecule has 0 saturated carbocycles. The largest absolute Gasteiger partial charge is 0.497 e. The number of ketones is 1. The molecule has 2 fully saturated rings. The van der Waals surface area contributed by atoms with Gasteiger partial charge in [-0.15, -0.1) is 0 Å². The summed E-state index contributed by atoms with van der Waals surface area (Å²) in [6.45, 7) is 4.29. The molecule has 2 aromatic rings. The van der Waals surface area contributed by atoms with Gasteiger partial charge in [0.25, 0.3) is 11.8 Å². The minimum Gasteiger partial charge on any atom is -0.497 e. The molecule has 202 valence electrons. The molecule has 2 aliphatic rings. The Morgan fingerprint density at radius 1 is 1.00 bits per heavy atom. The molecule has 4 rings (SSSR count). The number of amides is 3. The average Bonchev–Trinajstić information content (AvgIpc) is 3.48. The maximum atomic E-state index is 13.7. The molecule has 0 spiro atoms. The van der Waals surface area contributed by atoms with Crippen LogP contribution in [-0.4, -0.2) is 85.7 Å². The minimum atomic E-state index is -0.770. The molecule has 2 aliphatic heterocycles. The van der Waals surface area contributed by atoms with Crippen molar-refractivity contribution in [3.05, 3.63) is 59.7 Å². The van der Waals surface area contributed by atoms with Gasteiger partial charge in [-0.25, -0.2) is 0 Å². The van der Waals surface area contributed by atoms with Gasteiger partial charge in [-0.3, -0.25) is 19.2 Å². The van der Waals surface area contributed by atoms with E-state index in [4.69, 9.17) is 4.74 Å². The highest BCUT2D eigenvalue weighted by molar-refractivity contribution is 6.03. The van der Waals surface area contributed by atoms with E-state index >= 15 is 0 Å². The highest BCUT2D eigenvalue weighted by Gasteiger charge is 2.52. The third-order valence-corrected chi connectivity index (χ3v) is 7.26. The van der Waals surface area contributed by atoms with Gasteiger partial charge in [0.1, 0.15) is 17.8 Å². The van der Waals surface area contributed by atoms with Crippen LogP contribution in [0, 0.1) is 5.92 Å². The Balaban J connectivity index is 1.49. The lowest BCUT2D eigenvalue weighted by molar-refractivity contribution is -0.138. The summed E-state index contributed by atoms with van der Waals surface area (Å²) in [5.41, 5.74) is 1.90. The zero-order valence-electron chi connectivity index (χ0n) is 22.6. The van der Waals surface area contributed by atoms with Crippen molar-refractivity contribution in [3.8, 4) is 5.75 Å². The molecule has 1 N–H and O–H groups in total. The predicted molar refractivity (Wildman–Crippen MR) is 144 cm³/mol. The number of hydrogen-bond donors (Lipinski definition) is 1. The van der Waals surface area contributed by atoms with Crippen LogP contribution in [0.25, 0.3) is 0 Å². The summed E-state index contributed by atoms with van der Waals surface area (Å²) in [4.78, 5) is 58.2. The normalized spacial score (nSPS) is 19.4. The van der Waals surface area contributed by atoms with Gasteiger partial charge >= 0.3 is 0 Å². The molecular weight excluding hydrogens is 484 g/mol. The van der Waals surface area contributed by atoms with E-state index < -0.39 is 12.1 Å². The van der Waals surface area contributed by atoms with Crippen molar-refractivity contribution in [2.24, 2.45) is 5.92 Å². The molecular formula is C29H36N4O5. The van der Waals surface area contributed by atoms with Crippen molar-refractivity contribution in [1.29, 1.82) is 0 Å². The lowest BCUT2D eigenvalue weighted by Gasteiger charge is -2.29. The van der Waals surface area contributed by atoms with Gasteiger partial charge < -0.3 is 24.8 Å². The summed E-state index contributed by atoms with van der Waals surface area (Å²) < 4.78 is 5.17. The van der Waals surface area contributed by atoms with E-state index in [-0.39, 0.29) is 42.0 Å². The number of likely N-dealkylation sites (tertiary alicyclic amines) is 2. The average molecular weight is 521 g/mol. The standard InChI is InChI=1S/C29H36N4O5/c1-18(2)16-23(30-27(35)19-6-10-21(11-7-19)31(3)4)29(37)32-15-14-24-26(32)25(34)17-33(24)28(36)20-8-12-22(38-5)13-9-20/h6-13,18,23-24,26H,14-17H2,1-5H3,(H,30,35)/t23-,24?,26-/m0/s1. The van der Waals surface area contributed by atoms with Crippen molar-refractivity contribution >= 4 is 29.2 Å². The number of methoxy groups -OCH3 is 1. The zero-order chi connectivity index (χ0) is 27.6. The summed E-state index contributed by atoms with van der Waals surface area (Å²) in [5.74, 6) is -0.226. The molecule has 9 nitrogen and oxygen atoms in total. The Kier molecular flexibility index (Phi) is 8.04. The molecule has 9 heteroatoms. The van der Waals surface area contributed by atoms with Gasteiger partial charge in [0.15, 0.2) is 5.78 Å². The number of carbonyl (C=O) groups is 4. The number of fused-ring (bicyclic) bond motifs is 1. The predicted octanol–water partition coefficient (Wildman–Crippen LogP) is 2.60. The molecule has 2 heterocycles. The number of anilines is 1. The van der Waals surface area contributed by atoms with Crippen molar-refractivity contribution < 1.29 is 23.9 Å². The molecule has 3 atom stereocenters. The molecule has 38 heavy (non-hydrogen) atoms. The maximum Gasteiger partial charge on any atom is 0.254 e. The topological polar surface area (TPSA) is 99.3 Å². The van der Waals surface area contributed by atoms with Crippen LogP contribution in [0.3, 0.4) is 0 Å². The fourth-order valence-corrected chi connectivity index (χ4v) is 5.28. The molecule has 2 saturated heterocycles. The first kappa shape index (κ1) is 27.2. The molecule has 1 unspecified atom stereocenters. The molecule has 0 radical (unpaired) electrons. The van der Waals surface area contributed by atoms with Crippen LogP contribution in [0.2, 0.25) is 0 Å². The van der Waals surface area contributed by atoms with E-state index in [1.807, 2.05) is 45.0 Å². The monoisotopic (exact) mass is 520 g/mol. The van der Waals surface area contributed by atoms with Crippen molar-refractivity contribution in [2.75, 3.05) is 39.2 Å². The third kappa shape index (κ3) is 5.51. The Morgan fingerprint density at radius 2 is 1.63 bits per heavy atom. The summed E-state index contributed by atoms with van der Waals surface area (Å²) >= 11 is 0. The molecule has 0 aliphatic carbocycles. The zero-order valence-corrected chi connectivity index (χ0v) is 22.6. The van der Waals surface area contributed by atoms with E-state index in [2.05, 4.69) is 5.32 Å². The Bertz CT molecular complexity index is 1190.